The number of hydrogen-bond acceptors (Lipinski definition) is 8. The summed E-state index contributed by atoms with van der Waals surface area (Å²) in [6.07, 6.45) is 0. The molecule has 54 heavy (non-hydrogen) atoms. The van der Waals surface area contributed by atoms with Crippen LogP contribution >= 0.6 is 22.7 Å². The van der Waals surface area contributed by atoms with Gasteiger partial charge in [-0.25, -0.2) is 0 Å². The predicted octanol–water partition coefficient (Wildman–Crippen LogP) is 10.9. The van der Waals surface area contributed by atoms with Crippen LogP contribution in [0.15, 0.2) is 145 Å². The van der Waals surface area contributed by atoms with Gasteiger partial charge >= 0.3 is 331 Å². The maximum absolute atomic E-state index is 5.14. The number of thiophene rings is 2. The summed E-state index contributed by atoms with van der Waals surface area (Å²) < 4.78 is 9.18. The fourth-order valence-electron chi connectivity index (χ4n) is 6.79. The predicted molar refractivity (Wildman–Crippen MR) is 225 cm³/mol. The van der Waals surface area contributed by atoms with Crippen molar-refractivity contribution in [3.05, 3.63) is 145 Å². The Kier molecular flexibility index (Phi) is 7.80. The SMILES string of the molecule is c1ccc(-c2nc(-c3ccccc3)nc(-c3cc4c5sc6ccsc6c5c5cc(-c6nc(-c7ccccc7)nc(-c7ccccc7)n6)[se]c5c4[se]3)n2)cc1. The van der Waals surface area contributed by atoms with E-state index in [4.69, 9.17) is 29.9 Å². The van der Waals surface area contributed by atoms with Crippen LogP contribution in [0, 0.1) is 0 Å². The fourth-order valence-corrected chi connectivity index (χ4v) is 14.7. The Morgan fingerprint density at radius 3 is 1.22 bits per heavy atom. The zero-order valence-corrected chi connectivity index (χ0v) is 33.2. The molecule has 0 amide bonds. The fraction of sp³-hybridized carbons (Fsp3) is 0. The zero-order valence-electron chi connectivity index (χ0n) is 28.2. The molecule has 6 heterocycles. The summed E-state index contributed by atoms with van der Waals surface area (Å²) in [4.78, 5) is 30.5. The van der Waals surface area contributed by atoms with Gasteiger partial charge in [0.15, 0.2) is 0 Å². The zero-order chi connectivity index (χ0) is 35.6. The molecule has 6 nitrogen and oxygen atoms in total. The molecule has 11 rings (SSSR count). The van der Waals surface area contributed by atoms with Gasteiger partial charge in [-0.1, -0.05) is 0 Å². The van der Waals surface area contributed by atoms with E-state index in [9.17, 15) is 0 Å². The van der Waals surface area contributed by atoms with E-state index in [-0.39, 0.29) is 29.0 Å². The van der Waals surface area contributed by atoms with E-state index in [0.29, 0.717) is 23.3 Å². The van der Waals surface area contributed by atoms with Crippen LogP contribution in [-0.2, 0) is 0 Å². The molecule has 0 bridgehead atoms. The molecule has 6 aromatic heterocycles. The van der Waals surface area contributed by atoms with Crippen LogP contribution in [0.2, 0.25) is 0 Å². The van der Waals surface area contributed by atoms with Crippen LogP contribution in [-0.4, -0.2) is 58.9 Å². The van der Waals surface area contributed by atoms with Crippen molar-refractivity contribution in [1.29, 1.82) is 0 Å². The molecular formula is C44H24N6S2Se2. The molecule has 5 aromatic carbocycles. The first-order valence-electron chi connectivity index (χ1n) is 17.3. The summed E-state index contributed by atoms with van der Waals surface area (Å²) >= 11 is 3.66. The number of aromatic nitrogens is 6. The van der Waals surface area contributed by atoms with E-state index < -0.39 is 0 Å². The first kappa shape index (κ1) is 32.0. The van der Waals surface area contributed by atoms with E-state index in [1.807, 2.05) is 95.5 Å². The molecule has 0 radical (unpaired) electrons. The van der Waals surface area contributed by atoms with Crippen molar-refractivity contribution in [2.75, 3.05) is 0 Å². The molecule has 10 heteroatoms. The Hall–Kier alpha value is -5.44. The van der Waals surface area contributed by atoms with Crippen molar-refractivity contribution in [3.63, 3.8) is 0 Å². The third kappa shape index (κ3) is 5.50. The minimum atomic E-state index is -0.0308. The van der Waals surface area contributed by atoms with Gasteiger partial charge in [-0.15, -0.1) is 0 Å². The van der Waals surface area contributed by atoms with Gasteiger partial charge in [0.25, 0.3) is 0 Å². The second-order valence-corrected chi connectivity index (χ2v) is 19.1. The average Bonchev–Trinajstić information content (AvgIpc) is 4.05. The second kappa shape index (κ2) is 13.1. The number of hydrogen-bond donors (Lipinski definition) is 0. The van der Waals surface area contributed by atoms with Crippen molar-refractivity contribution in [1.82, 2.24) is 29.9 Å². The molecule has 0 aliphatic rings. The Labute approximate surface area is 329 Å². The summed E-state index contributed by atoms with van der Waals surface area (Å²) in [6.45, 7) is 0. The Bertz CT molecular complexity index is 3040. The van der Waals surface area contributed by atoms with Crippen LogP contribution in [0.5, 0.6) is 0 Å². The third-order valence-corrected chi connectivity index (χ3v) is 17.0. The van der Waals surface area contributed by atoms with Gasteiger partial charge in [0, 0.05) is 0 Å². The van der Waals surface area contributed by atoms with Crippen molar-refractivity contribution in [3.8, 4) is 66.1 Å². The molecule has 0 spiro atoms. The van der Waals surface area contributed by atoms with Crippen LogP contribution in [0.25, 0.3) is 105 Å². The van der Waals surface area contributed by atoms with Gasteiger partial charge in [-0.2, -0.15) is 0 Å². The van der Waals surface area contributed by atoms with Crippen LogP contribution in [0.4, 0.5) is 0 Å². The Morgan fingerprint density at radius 1 is 0.389 bits per heavy atom. The van der Waals surface area contributed by atoms with E-state index in [1.165, 1.54) is 47.7 Å². The number of fused-ring (bicyclic) bond motifs is 8. The maximum atomic E-state index is 5.14. The van der Waals surface area contributed by atoms with E-state index in [2.05, 4.69) is 72.1 Å². The summed E-state index contributed by atoms with van der Waals surface area (Å²) in [5.41, 5.74) is 3.90. The normalized spacial score (nSPS) is 11.7. The molecule has 254 valence electrons. The Morgan fingerprint density at radius 2 is 0.778 bits per heavy atom. The molecule has 0 saturated carbocycles. The molecule has 0 aliphatic carbocycles. The number of benzene rings is 5. The molecule has 0 atom stereocenters. The van der Waals surface area contributed by atoms with Crippen molar-refractivity contribution >= 4 is 90.5 Å². The van der Waals surface area contributed by atoms with Crippen molar-refractivity contribution in [2.45, 2.75) is 0 Å². The third-order valence-electron chi connectivity index (χ3n) is 9.32. The molecule has 11 aromatic rings. The number of nitrogens with zero attached hydrogens (tertiary/aromatic N) is 6. The molecule has 0 aliphatic heterocycles. The van der Waals surface area contributed by atoms with Gasteiger partial charge in [0.1, 0.15) is 0 Å². The molecule has 0 N–H and O–H groups in total. The molecule has 0 saturated heterocycles. The quantitative estimate of drug-likeness (QED) is 0.155. The van der Waals surface area contributed by atoms with Gasteiger partial charge in [0.2, 0.25) is 0 Å². The van der Waals surface area contributed by atoms with Crippen LogP contribution < -0.4 is 0 Å². The first-order chi connectivity index (χ1) is 26.7. The summed E-state index contributed by atoms with van der Waals surface area (Å²) in [5.74, 6) is 4.23. The summed E-state index contributed by atoms with van der Waals surface area (Å²) in [6, 6.07) is 47.8. The van der Waals surface area contributed by atoms with Crippen LogP contribution in [0.3, 0.4) is 0 Å². The van der Waals surface area contributed by atoms with Crippen molar-refractivity contribution in [2.24, 2.45) is 0 Å². The van der Waals surface area contributed by atoms with Gasteiger partial charge in [-0.3, -0.25) is 0 Å². The monoisotopic (exact) mass is 860 g/mol. The Balaban J connectivity index is 1.15. The van der Waals surface area contributed by atoms with E-state index in [0.717, 1.165) is 33.9 Å². The standard InChI is InChI=1S/C44H24N6S2Se2/c1-5-13-25(14-6-1)39-45-40(26-15-7-2-8-16-26)48-43(47-39)32-23-29-34-35(52-31-21-22-51-36(31)34)30-24-33(54-38(30)37(29)53-32)44-49-41(27-17-9-3-10-18-27)46-42(50-44)28-19-11-4-12-20-28/h1-24H. The first-order valence-corrected chi connectivity index (χ1v) is 22.4. The summed E-state index contributed by atoms with van der Waals surface area (Å²) in [7, 11) is 0. The van der Waals surface area contributed by atoms with Gasteiger partial charge in [-0.05, 0) is 0 Å². The molecular weight excluding hydrogens is 835 g/mol. The average molecular weight is 859 g/mol. The molecule has 0 fully saturated rings. The molecule has 0 unspecified atom stereocenters. The van der Waals surface area contributed by atoms with Crippen molar-refractivity contribution < 1.29 is 0 Å². The van der Waals surface area contributed by atoms with E-state index in [1.54, 1.807) is 0 Å². The minimum absolute atomic E-state index is 0.0250. The van der Waals surface area contributed by atoms with Gasteiger partial charge < -0.3 is 0 Å². The second-order valence-electron chi connectivity index (χ2n) is 12.7. The summed E-state index contributed by atoms with van der Waals surface area (Å²) in [5, 5.41) is 6.19. The number of rotatable bonds is 6. The van der Waals surface area contributed by atoms with E-state index >= 15 is 0 Å². The van der Waals surface area contributed by atoms with Crippen LogP contribution in [0.1, 0.15) is 0 Å². The topological polar surface area (TPSA) is 77.3 Å². The van der Waals surface area contributed by atoms with Gasteiger partial charge in [0.05, 0.1) is 0 Å².